The van der Waals surface area contributed by atoms with Gasteiger partial charge in [0, 0.05) is 12.6 Å². The summed E-state index contributed by atoms with van der Waals surface area (Å²) in [5, 5.41) is 0. The van der Waals surface area contributed by atoms with Crippen molar-refractivity contribution in [1.29, 1.82) is 0 Å². The lowest BCUT2D eigenvalue weighted by molar-refractivity contribution is -0.143. The van der Waals surface area contributed by atoms with E-state index >= 15 is 0 Å². The molecule has 0 spiro atoms. The topological polar surface area (TPSA) is 55.6 Å². The lowest BCUT2D eigenvalue weighted by Gasteiger charge is -2.35. The van der Waals surface area contributed by atoms with Gasteiger partial charge in [0.1, 0.15) is 6.10 Å². The Labute approximate surface area is 126 Å². The number of rotatable bonds is 2. The van der Waals surface area contributed by atoms with Crippen LogP contribution in [0.5, 0.6) is 0 Å². The SMILES string of the molecule is Cc1ccccc1[C@@H]1CN(C(=O)[C@@H]2CCC[C@@H]2N)CCO1. The number of ether oxygens (including phenoxy) is 1. The van der Waals surface area contributed by atoms with Crippen LogP contribution in [0.25, 0.3) is 0 Å². The second-order valence-corrected chi connectivity index (χ2v) is 6.20. The van der Waals surface area contributed by atoms with Crippen molar-refractivity contribution < 1.29 is 9.53 Å². The van der Waals surface area contributed by atoms with Crippen LogP contribution in [0.4, 0.5) is 0 Å². The van der Waals surface area contributed by atoms with E-state index in [1.807, 2.05) is 17.0 Å². The van der Waals surface area contributed by atoms with E-state index in [0.717, 1.165) is 19.3 Å². The molecule has 2 N–H and O–H groups in total. The van der Waals surface area contributed by atoms with Crippen LogP contribution in [0, 0.1) is 12.8 Å². The number of aryl methyl sites for hydroxylation is 1. The van der Waals surface area contributed by atoms with Crippen molar-refractivity contribution in [2.45, 2.75) is 38.3 Å². The first kappa shape index (κ1) is 14.5. The third-order valence-electron chi connectivity index (χ3n) is 4.80. The minimum absolute atomic E-state index is 0.0125. The minimum Gasteiger partial charge on any atom is -0.370 e. The molecule has 1 aliphatic carbocycles. The van der Waals surface area contributed by atoms with Crippen molar-refractivity contribution >= 4 is 5.91 Å². The fraction of sp³-hybridized carbons (Fsp3) is 0.588. The Morgan fingerprint density at radius 2 is 2.14 bits per heavy atom. The number of nitrogens with zero attached hydrogens (tertiary/aromatic N) is 1. The molecule has 0 radical (unpaired) electrons. The number of hydrogen-bond acceptors (Lipinski definition) is 3. The maximum atomic E-state index is 12.7. The second-order valence-electron chi connectivity index (χ2n) is 6.20. The minimum atomic E-state index is -0.0125. The van der Waals surface area contributed by atoms with E-state index in [0.29, 0.717) is 19.7 Å². The van der Waals surface area contributed by atoms with Crippen LogP contribution in [-0.2, 0) is 9.53 Å². The Kier molecular flexibility index (Phi) is 4.27. The Morgan fingerprint density at radius 1 is 1.33 bits per heavy atom. The van der Waals surface area contributed by atoms with E-state index in [9.17, 15) is 4.79 Å². The normalized spacial score (nSPS) is 29.6. The smallest absolute Gasteiger partial charge is 0.227 e. The number of amides is 1. The van der Waals surface area contributed by atoms with Crippen molar-refractivity contribution in [3.05, 3.63) is 35.4 Å². The summed E-state index contributed by atoms with van der Waals surface area (Å²) in [5.74, 6) is 0.238. The molecular formula is C17H24N2O2. The fourth-order valence-corrected chi connectivity index (χ4v) is 3.52. The quantitative estimate of drug-likeness (QED) is 0.906. The van der Waals surface area contributed by atoms with Gasteiger partial charge in [0.05, 0.1) is 19.1 Å². The molecular weight excluding hydrogens is 264 g/mol. The summed E-state index contributed by atoms with van der Waals surface area (Å²) >= 11 is 0. The summed E-state index contributed by atoms with van der Waals surface area (Å²) in [6, 6.07) is 8.28. The second kappa shape index (κ2) is 6.16. The van der Waals surface area contributed by atoms with Crippen LogP contribution < -0.4 is 5.73 Å². The Hall–Kier alpha value is -1.39. The standard InChI is InChI=1S/C17H24N2O2/c1-12-5-2-3-6-13(12)16-11-19(9-10-21-16)17(20)14-7-4-8-15(14)18/h2-3,5-6,14-16H,4,7-11,18H2,1H3/t14-,15+,16+/m1/s1. The Morgan fingerprint density at radius 3 is 2.86 bits per heavy atom. The molecule has 1 aromatic rings. The molecule has 2 fully saturated rings. The summed E-state index contributed by atoms with van der Waals surface area (Å²) in [6.45, 7) is 4.02. The molecule has 4 nitrogen and oxygen atoms in total. The zero-order chi connectivity index (χ0) is 14.8. The van der Waals surface area contributed by atoms with Crippen LogP contribution >= 0.6 is 0 Å². The van der Waals surface area contributed by atoms with Crippen molar-refractivity contribution in [1.82, 2.24) is 4.90 Å². The molecule has 3 atom stereocenters. The third kappa shape index (κ3) is 2.97. The maximum Gasteiger partial charge on any atom is 0.227 e. The van der Waals surface area contributed by atoms with Crippen LogP contribution in [0.3, 0.4) is 0 Å². The van der Waals surface area contributed by atoms with Gasteiger partial charge in [-0.05, 0) is 30.9 Å². The van der Waals surface area contributed by atoms with Crippen molar-refractivity contribution in [2.24, 2.45) is 11.7 Å². The number of benzene rings is 1. The predicted molar refractivity (Wildman–Crippen MR) is 81.8 cm³/mol. The highest BCUT2D eigenvalue weighted by Gasteiger charge is 2.35. The van der Waals surface area contributed by atoms with Gasteiger partial charge in [-0.3, -0.25) is 4.79 Å². The highest BCUT2D eigenvalue weighted by atomic mass is 16.5. The molecule has 21 heavy (non-hydrogen) atoms. The van der Waals surface area contributed by atoms with Crippen LogP contribution in [0.2, 0.25) is 0 Å². The zero-order valence-corrected chi connectivity index (χ0v) is 12.6. The fourth-order valence-electron chi connectivity index (χ4n) is 3.52. The van der Waals surface area contributed by atoms with Crippen LogP contribution in [0.1, 0.15) is 36.5 Å². The Balaban J connectivity index is 1.71. The summed E-state index contributed by atoms with van der Waals surface area (Å²) in [7, 11) is 0. The number of hydrogen-bond donors (Lipinski definition) is 1. The van der Waals surface area contributed by atoms with Gasteiger partial charge in [-0.2, -0.15) is 0 Å². The van der Waals surface area contributed by atoms with Crippen molar-refractivity contribution in [3.8, 4) is 0 Å². The maximum absolute atomic E-state index is 12.7. The first-order chi connectivity index (χ1) is 10.2. The summed E-state index contributed by atoms with van der Waals surface area (Å²) in [4.78, 5) is 14.6. The highest BCUT2D eigenvalue weighted by molar-refractivity contribution is 5.80. The molecule has 4 heteroatoms. The molecule has 1 saturated carbocycles. The molecule has 1 aliphatic heterocycles. The number of morpholine rings is 1. The van der Waals surface area contributed by atoms with Gasteiger partial charge in [-0.15, -0.1) is 0 Å². The average molecular weight is 288 g/mol. The lowest BCUT2D eigenvalue weighted by Crippen LogP contribution is -2.47. The molecule has 114 valence electrons. The Bertz CT molecular complexity index is 517. The van der Waals surface area contributed by atoms with E-state index < -0.39 is 0 Å². The van der Waals surface area contributed by atoms with Gasteiger partial charge < -0.3 is 15.4 Å². The number of nitrogens with two attached hydrogens (primary N) is 1. The molecule has 0 aromatic heterocycles. The van der Waals surface area contributed by atoms with E-state index in [1.165, 1.54) is 11.1 Å². The van der Waals surface area contributed by atoms with E-state index in [-0.39, 0.29) is 24.0 Å². The van der Waals surface area contributed by atoms with Crippen molar-refractivity contribution in [3.63, 3.8) is 0 Å². The van der Waals surface area contributed by atoms with Gasteiger partial charge in [0.25, 0.3) is 0 Å². The molecule has 1 heterocycles. The lowest BCUT2D eigenvalue weighted by atomic mass is 9.99. The third-order valence-corrected chi connectivity index (χ3v) is 4.80. The molecule has 2 aliphatic rings. The molecule has 3 rings (SSSR count). The highest BCUT2D eigenvalue weighted by Crippen LogP contribution is 2.29. The van der Waals surface area contributed by atoms with Gasteiger partial charge >= 0.3 is 0 Å². The summed E-state index contributed by atoms with van der Waals surface area (Å²) in [6.07, 6.45) is 2.97. The molecule has 0 bridgehead atoms. The van der Waals surface area contributed by atoms with E-state index in [4.69, 9.17) is 10.5 Å². The number of carbonyl (C=O) groups excluding carboxylic acids is 1. The average Bonchev–Trinajstić information content (AvgIpc) is 2.93. The molecule has 1 amide bonds. The largest absolute Gasteiger partial charge is 0.370 e. The summed E-state index contributed by atoms with van der Waals surface area (Å²) < 4.78 is 5.89. The van der Waals surface area contributed by atoms with Crippen LogP contribution in [-0.4, -0.2) is 36.5 Å². The van der Waals surface area contributed by atoms with Gasteiger partial charge in [0.15, 0.2) is 0 Å². The van der Waals surface area contributed by atoms with Crippen molar-refractivity contribution in [2.75, 3.05) is 19.7 Å². The van der Waals surface area contributed by atoms with E-state index in [1.54, 1.807) is 0 Å². The van der Waals surface area contributed by atoms with E-state index in [2.05, 4.69) is 19.1 Å². The number of carbonyl (C=O) groups is 1. The first-order valence-corrected chi connectivity index (χ1v) is 7.88. The molecule has 1 aromatic carbocycles. The first-order valence-electron chi connectivity index (χ1n) is 7.88. The molecule has 1 saturated heterocycles. The van der Waals surface area contributed by atoms with Gasteiger partial charge in [0.2, 0.25) is 5.91 Å². The monoisotopic (exact) mass is 288 g/mol. The summed E-state index contributed by atoms with van der Waals surface area (Å²) in [5.41, 5.74) is 8.48. The molecule has 0 unspecified atom stereocenters. The van der Waals surface area contributed by atoms with Gasteiger partial charge in [-0.1, -0.05) is 30.7 Å². The predicted octanol–water partition coefficient (Wildman–Crippen LogP) is 2.02. The zero-order valence-electron chi connectivity index (χ0n) is 12.6. The van der Waals surface area contributed by atoms with Crippen LogP contribution in [0.15, 0.2) is 24.3 Å². The van der Waals surface area contributed by atoms with Gasteiger partial charge in [-0.25, -0.2) is 0 Å².